The highest BCUT2D eigenvalue weighted by Crippen LogP contribution is 2.34. The van der Waals surface area contributed by atoms with Crippen LogP contribution in [0.25, 0.3) is 0 Å². The maximum absolute atomic E-state index is 12.5. The number of benzene rings is 1. The number of ether oxygens (including phenoxy) is 3. The molecule has 2 heterocycles. The molecule has 1 aromatic rings. The lowest BCUT2D eigenvalue weighted by Gasteiger charge is -2.22. The minimum absolute atomic E-state index is 0. The lowest BCUT2D eigenvalue weighted by Crippen LogP contribution is -2.47. The lowest BCUT2D eigenvalue weighted by molar-refractivity contribution is -0.0514. The van der Waals surface area contributed by atoms with Crippen molar-refractivity contribution in [1.82, 2.24) is 10.6 Å². The Morgan fingerprint density at radius 3 is 2.71 bits per heavy atom. The number of aliphatic imine (C=N–C) groups is 1. The van der Waals surface area contributed by atoms with Gasteiger partial charge in [-0.3, -0.25) is 0 Å². The predicted octanol–water partition coefficient (Wildman–Crippen LogP) is 3.68. The third-order valence-electron chi connectivity index (χ3n) is 4.72. The van der Waals surface area contributed by atoms with Gasteiger partial charge in [0.2, 0.25) is 0 Å². The van der Waals surface area contributed by atoms with Gasteiger partial charge in [0.05, 0.1) is 31.4 Å². The van der Waals surface area contributed by atoms with Gasteiger partial charge in [0.25, 0.3) is 0 Å². The summed E-state index contributed by atoms with van der Waals surface area (Å²) in [7, 11) is 0. The fourth-order valence-corrected chi connectivity index (χ4v) is 3.57. The third kappa shape index (κ3) is 6.07. The number of rotatable bonds is 8. The molecule has 3 atom stereocenters. The predicted molar refractivity (Wildman–Crippen MR) is 114 cm³/mol. The summed E-state index contributed by atoms with van der Waals surface area (Å²) in [5, 5.41) is 6.70. The fourth-order valence-electron chi connectivity index (χ4n) is 3.57. The molecule has 28 heavy (non-hydrogen) atoms. The number of alkyl halides is 2. The normalized spacial score (nSPS) is 23.5. The molecule has 0 radical (unpaired) electrons. The van der Waals surface area contributed by atoms with E-state index in [1.165, 1.54) is 6.07 Å². The maximum atomic E-state index is 12.5. The second-order valence-corrected chi connectivity index (χ2v) is 6.65. The number of hydrogen-bond acceptors (Lipinski definition) is 4. The Balaban J connectivity index is 0.00000280. The van der Waals surface area contributed by atoms with Crippen molar-refractivity contribution in [3.63, 3.8) is 0 Å². The summed E-state index contributed by atoms with van der Waals surface area (Å²) in [6.45, 7) is 2.42. The highest BCUT2D eigenvalue weighted by Gasteiger charge is 2.41. The van der Waals surface area contributed by atoms with E-state index in [4.69, 9.17) is 9.47 Å². The van der Waals surface area contributed by atoms with Crippen LogP contribution in [0.3, 0.4) is 0 Å². The Morgan fingerprint density at radius 2 is 2.11 bits per heavy atom. The second-order valence-electron chi connectivity index (χ2n) is 6.65. The molecule has 2 N–H and O–H groups in total. The largest absolute Gasteiger partial charge is 0.490 e. The highest BCUT2D eigenvalue weighted by molar-refractivity contribution is 14.0. The van der Waals surface area contributed by atoms with Crippen LogP contribution in [0.1, 0.15) is 38.7 Å². The average Bonchev–Trinajstić information content (AvgIpc) is 3.24. The first-order valence-corrected chi connectivity index (χ1v) is 9.49. The van der Waals surface area contributed by atoms with E-state index < -0.39 is 6.61 Å². The van der Waals surface area contributed by atoms with Crippen molar-refractivity contribution < 1.29 is 23.0 Å². The van der Waals surface area contributed by atoms with Crippen molar-refractivity contribution in [2.75, 3.05) is 13.2 Å². The first-order chi connectivity index (χ1) is 13.1. The van der Waals surface area contributed by atoms with E-state index in [1.54, 1.807) is 19.1 Å². The third-order valence-corrected chi connectivity index (χ3v) is 4.72. The van der Waals surface area contributed by atoms with Crippen molar-refractivity contribution in [2.45, 2.75) is 64.5 Å². The second kappa shape index (κ2) is 11.0. The molecule has 2 bridgehead atoms. The summed E-state index contributed by atoms with van der Waals surface area (Å²) in [6, 6.07) is 5.18. The Kier molecular flexibility index (Phi) is 9.00. The Bertz CT molecular complexity index is 663. The van der Waals surface area contributed by atoms with Crippen LogP contribution in [0.4, 0.5) is 8.78 Å². The van der Waals surface area contributed by atoms with Gasteiger partial charge < -0.3 is 24.8 Å². The zero-order valence-corrected chi connectivity index (χ0v) is 18.5. The summed E-state index contributed by atoms with van der Waals surface area (Å²) >= 11 is 0. The zero-order chi connectivity index (χ0) is 19.2. The summed E-state index contributed by atoms with van der Waals surface area (Å²) in [4.78, 5) is 4.62. The molecule has 2 saturated heterocycles. The Hall–Kier alpha value is -1.36. The molecule has 3 rings (SSSR count). The van der Waals surface area contributed by atoms with Gasteiger partial charge in [0, 0.05) is 6.54 Å². The molecule has 158 valence electrons. The van der Waals surface area contributed by atoms with Crippen molar-refractivity contribution in [2.24, 2.45) is 4.99 Å². The van der Waals surface area contributed by atoms with Gasteiger partial charge in [-0.2, -0.15) is 8.78 Å². The number of nitrogens with zero attached hydrogens (tertiary/aromatic N) is 1. The van der Waals surface area contributed by atoms with E-state index in [-0.39, 0.29) is 41.9 Å². The smallest absolute Gasteiger partial charge is 0.387 e. The molecule has 6 nitrogen and oxygen atoms in total. The summed E-state index contributed by atoms with van der Waals surface area (Å²) < 4.78 is 40.8. The van der Waals surface area contributed by atoms with Gasteiger partial charge in [-0.15, -0.1) is 24.0 Å². The molecule has 2 aliphatic heterocycles. The van der Waals surface area contributed by atoms with Gasteiger partial charge in [0.1, 0.15) is 0 Å². The van der Waals surface area contributed by atoms with Crippen molar-refractivity contribution in [1.29, 1.82) is 0 Å². The molecule has 9 heteroatoms. The van der Waals surface area contributed by atoms with Gasteiger partial charge in [0.15, 0.2) is 17.5 Å². The summed E-state index contributed by atoms with van der Waals surface area (Å²) in [6.07, 6.45) is 3.86. The topological polar surface area (TPSA) is 64.1 Å². The van der Waals surface area contributed by atoms with Gasteiger partial charge in [-0.1, -0.05) is 6.07 Å². The molecule has 0 saturated carbocycles. The first kappa shape index (κ1) is 22.9. The number of nitrogens with one attached hydrogen (secondary N) is 2. The maximum Gasteiger partial charge on any atom is 0.387 e. The summed E-state index contributed by atoms with van der Waals surface area (Å²) in [5.74, 6) is 1.05. The van der Waals surface area contributed by atoms with Crippen LogP contribution in [0.2, 0.25) is 0 Å². The molecular weight excluding hydrogens is 483 g/mol. The van der Waals surface area contributed by atoms with Crippen molar-refractivity contribution >= 4 is 29.9 Å². The molecule has 0 aromatic heterocycles. The average molecular weight is 511 g/mol. The van der Waals surface area contributed by atoms with Gasteiger partial charge >= 0.3 is 6.61 Å². The molecule has 0 spiro atoms. The highest BCUT2D eigenvalue weighted by atomic mass is 127. The minimum Gasteiger partial charge on any atom is -0.490 e. The molecular formula is C19H28F2IN3O3. The van der Waals surface area contributed by atoms with E-state index in [0.29, 0.717) is 25.0 Å². The monoisotopic (exact) mass is 511 g/mol. The molecule has 2 aliphatic rings. The van der Waals surface area contributed by atoms with Gasteiger partial charge in [-0.25, -0.2) is 4.99 Å². The van der Waals surface area contributed by atoms with Crippen LogP contribution in [0, 0.1) is 0 Å². The Morgan fingerprint density at radius 1 is 1.29 bits per heavy atom. The molecule has 0 aliphatic carbocycles. The molecule has 0 amide bonds. The first-order valence-electron chi connectivity index (χ1n) is 9.49. The quantitative estimate of drug-likeness (QED) is 0.317. The Labute approximate surface area is 181 Å². The zero-order valence-electron chi connectivity index (χ0n) is 16.1. The van der Waals surface area contributed by atoms with Crippen LogP contribution < -0.4 is 20.1 Å². The van der Waals surface area contributed by atoms with E-state index >= 15 is 0 Å². The van der Waals surface area contributed by atoms with E-state index in [1.807, 2.05) is 6.92 Å². The summed E-state index contributed by atoms with van der Waals surface area (Å²) in [5.41, 5.74) is 0.849. The van der Waals surface area contributed by atoms with Crippen LogP contribution in [-0.2, 0) is 11.3 Å². The van der Waals surface area contributed by atoms with Crippen molar-refractivity contribution in [3.8, 4) is 11.5 Å². The number of halogens is 3. The van der Waals surface area contributed by atoms with E-state index in [2.05, 4.69) is 20.4 Å². The SMILES string of the molecule is CCNC(=NCc1ccc(OC(F)F)c(OCC)c1)NC1CC2CCC1O2.I. The van der Waals surface area contributed by atoms with E-state index in [9.17, 15) is 8.78 Å². The minimum atomic E-state index is -2.89. The van der Waals surface area contributed by atoms with Crippen LogP contribution in [0.5, 0.6) is 11.5 Å². The molecule has 2 fully saturated rings. The van der Waals surface area contributed by atoms with Crippen LogP contribution in [-0.4, -0.2) is 44.0 Å². The standard InChI is InChI=1S/C19H27F2N3O3.HI/c1-3-22-19(24-14-10-13-6-8-15(14)26-13)23-11-12-5-7-16(27-18(20)21)17(9-12)25-4-2;/h5,7,9,13-15,18H,3-4,6,8,10-11H2,1-2H3,(H2,22,23,24);1H. The molecule has 1 aromatic carbocycles. The van der Waals surface area contributed by atoms with E-state index in [0.717, 1.165) is 37.3 Å². The number of hydrogen-bond donors (Lipinski definition) is 2. The van der Waals surface area contributed by atoms with Gasteiger partial charge in [-0.05, 0) is 50.8 Å². The van der Waals surface area contributed by atoms with Crippen LogP contribution >= 0.6 is 24.0 Å². The lowest BCUT2D eigenvalue weighted by atomic mass is 9.96. The van der Waals surface area contributed by atoms with Crippen molar-refractivity contribution in [3.05, 3.63) is 23.8 Å². The number of fused-ring (bicyclic) bond motifs is 2. The fraction of sp³-hybridized carbons (Fsp3) is 0.632. The van der Waals surface area contributed by atoms with Crippen LogP contribution in [0.15, 0.2) is 23.2 Å². The number of guanidine groups is 1. The molecule has 3 unspecified atom stereocenters.